The van der Waals surface area contributed by atoms with Crippen LogP contribution in [0.2, 0.25) is 0 Å². The van der Waals surface area contributed by atoms with E-state index in [0.29, 0.717) is 18.9 Å². The molecule has 4 heteroatoms. The maximum Gasteiger partial charge on any atom is 0.228 e. The molecule has 0 bridgehead atoms. The summed E-state index contributed by atoms with van der Waals surface area (Å²) in [5.74, 6) is 0.567. The third kappa shape index (κ3) is 2.59. The molecule has 0 fully saturated rings. The lowest BCUT2D eigenvalue weighted by molar-refractivity contribution is -0.118. The second-order valence-corrected chi connectivity index (χ2v) is 5.35. The molecule has 0 unspecified atom stereocenters. The summed E-state index contributed by atoms with van der Waals surface area (Å²) < 4.78 is 0. The zero-order valence-electron chi connectivity index (χ0n) is 12.0. The van der Waals surface area contributed by atoms with Crippen LogP contribution < -0.4 is 15.5 Å². The summed E-state index contributed by atoms with van der Waals surface area (Å²) in [6, 6.07) is 6.27. The molecular formula is C15H23N3O. The number of hydrogen-bond donors (Lipinski definition) is 1. The van der Waals surface area contributed by atoms with Crippen molar-refractivity contribution in [2.24, 2.45) is 5.73 Å². The Morgan fingerprint density at radius 3 is 2.74 bits per heavy atom. The van der Waals surface area contributed by atoms with Crippen LogP contribution in [-0.2, 0) is 4.79 Å². The molecule has 0 radical (unpaired) electrons. The smallest absolute Gasteiger partial charge is 0.228 e. The lowest BCUT2D eigenvalue weighted by Crippen LogP contribution is -2.30. The molecule has 2 N–H and O–H groups in total. The highest BCUT2D eigenvalue weighted by molar-refractivity contribution is 5.99. The molecule has 4 nitrogen and oxygen atoms in total. The second-order valence-electron chi connectivity index (χ2n) is 5.35. The number of rotatable bonds is 3. The highest BCUT2D eigenvalue weighted by atomic mass is 16.2. The molecule has 0 aromatic heterocycles. The summed E-state index contributed by atoms with van der Waals surface area (Å²) in [6.07, 6.45) is 0.544. The number of hydrogen-bond acceptors (Lipinski definition) is 3. The fourth-order valence-electron chi connectivity index (χ4n) is 2.67. The van der Waals surface area contributed by atoms with Crippen LogP contribution in [0.25, 0.3) is 0 Å². The number of nitrogens with zero attached hydrogens (tertiary/aromatic N) is 2. The Balaban J connectivity index is 2.57. The minimum Gasteiger partial charge on any atom is -0.368 e. The van der Waals surface area contributed by atoms with E-state index in [1.807, 2.05) is 7.05 Å². The monoisotopic (exact) mass is 261 g/mol. The van der Waals surface area contributed by atoms with Gasteiger partial charge in [-0.15, -0.1) is 0 Å². The Morgan fingerprint density at radius 1 is 1.37 bits per heavy atom. The zero-order chi connectivity index (χ0) is 14.0. The van der Waals surface area contributed by atoms with Crippen LogP contribution in [0.15, 0.2) is 18.2 Å². The van der Waals surface area contributed by atoms with Crippen LogP contribution in [0, 0.1) is 0 Å². The van der Waals surface area contributed by atoms with E-state index in [4.69, 9.17) is 5.73 Å². The van der Waals surface area contributed by atoms with Gasteiger partial charge in [-0.1, -0.05) is 26.0 Å². The van der Waals surface area contributed by atoms with Crippen molar-refractivity contribution in [3.63, 3.8) is 0 Å². The second kappa shape index (κ2) is 5.61. The molecule has 2 rings (SSSR count). The summed E-state index contributed by atoms with van der Waals surface area (Å²) in [7, 11) is 1.87. The number of benzene rings is 1. The molecule has 104 valence electrons. The van der Waals surface area contributed by atoms with Crippen LogP contribution in [0.5, 0.6) is 0 Å². The number of amides is 1. The average Bonchev–Trinajstić information content (AvgIpc) is 2.51. The Labute approximate surface area is 115 Å². The summed E-state index contributed by atoms with van der Waals surface area (Å²) >= 11 is 0. The number of para-hydroxylation sites is 1. The maximum atomic E-state index is 12.2. The van der Waals surface area contributed by atoms with Gasteiger partial charge in [0.1, 0.15) is 0 Å². The Kier molecular flexibility index (Phi) is 4.10. The fraction of sp³-hybridized carbons (Fsp3) is 0.533. The van der Waals surface area contributed by atoms with E-state index in [1.165, 1.54) is 5.56 Å². The SMILES string of the molecule is CC(C)c1cccc2c1N(C)C(=O)CCN2CCN. The van der Waals surface area contributed by atoms with Crippen LogP contribution in [0.3, 0.4) is 0 Å². The maximum absolute atomic E-state index is 12.2. The van der Waals surface area contributed by atoms with Crippen molar-refractivity contribution < 1.29 is 4.79 Å². The first-order chi connectivity index (χ1) is 9.06. The molecule has 1 aliphatic rings. The van der Waals surface area contributed by atoms with Gasteiger partial charge in [0.25, 0.3) is 0 Å². The fourth-order valence-corrected chi connectivity index (χ4v) is 2.67. The Bertz CT molecular complexity index is 470. The van der Waals surface area contributed by atoms with Crippen LogP contribution >= 0.6 is 0 Å². The highest BCUT2D eigenvalue weighted by Gasteiger charge is 2.26. The quantitative estimate of drug-likeness (QED) is 0.904. The van der Waals surface area contributed by atoms with E-state index in [9.17, 15) is 4.79 Å². The Hall–Kier alpha value is -1.55. The van der Waals surface area contributed by atoms with Crippen molar-refractivity contribution in [2.75, 3.05) is 36.5 Å². The van der Waals surface area contributed by atoms with Crippen molar-refractivity contribution in [1.29, 1.82) is 0 Å². The first-order valence-corrected chi connectivity index (χ1v) is 6.90. The van der Waals surface area contributed by atoms with Gasteiger partial charge in [0.05, 0.1) is 11.4 Å². The van der Waals surface area contributed by atoms with Crippen molar-refractivity contribution in [3.8, 4) is 0 Å². The topological polar surface area (TPSA) is 49.6 Å². The molecule has 1 amide bonds. The molecule has 0 atom stereocenters. The molecule has 0 saturated carbocycles. The van der Waals surface area contributed by atoms with Gasteiger partial charge >= 0.3 is 0 Å². The van der Waals surface area contributed by atoms with Gasteiger partial charge in [0.15, 0.2) is 0 Å². The molecule has 1 aliphatic heterocycles. The predicted molar refractivity (Wildman–Crippen MR) is 79.8 cm³/mol. The van der Waals surface area contributed by atoms with Gasteiger partial charge in [-0.05, 0) is 17.5 Å². The molecule has 0 spiro atoms. The molecule has 1 aromatic carbocycles. The van der Waals surface area contributed by atoms with Gasteiger partial charge in [0, 0.05) is 33.1 Å². The summed E-state index contributed by atoms with van der Waals surface area (Å²) in [5, 5.41) is 0. The van der Waals surface area contributed by atoms with Crippen molar-refractivity contribution >= 4 is 17.3 Å². The predicted octanol–water partition coefficient (Wildman–Crippen LogP) is 1.94. The largest absolute Gasteiger partial charge is 0.368 e. The lowest BCUT2D eigenvalue weighted by atomic mass is 9.99. The van der Waals surface area contributed by atoms with Gasteiger partial charge < -0.3 is 15.5 Å². The molecule has 19 heavy (non-hydrogen) atoms. The van der Waals surface area contributed by atoms with E-state index in [1.54, 1.807) is 4.90 Å². The number of fused-ring (bicyclic) bond motifs is 1. The summed E-state index contributed by atoms with van der Waals surface area (Å²) in [5.41, 5.74) is 9.09. The third-order valence-corrected chi connectivity index (χ3v) is 3.71. The first-order valence-electron chi connectivity index (χ1n) is 6.90. The van der Waals surface area contributed by atoms with E-state index in [0.717, 1.165) is 24.5 Å². The number of carbonyl (C=O) groups is 1. The first kappa shape index (κ1) is 13.9. The van der Waals surface area contributed by atoms with Gasteiger partial charge in [-0.3, -0.25) is 4.79 Å². The molecular weight excluding hydrogens is 238 g/mol. The standard InChI is InChI=1S/C15H23N3O/c1-11(2)12-5-4-6-13-15(12)17(3)14(19)7-9-18(13)10-8-16/h4-6,11H,7-10,16H2,1-3H3. The number of carbonyl (C=O) groups excluding carboxylic acids is 1. The van der Waals surface area contributed by atoms with Crippen LogP contribution in [-0.4, -0.2) is 32.6 Å². The number of nitrogens with two attached hydrogens (primary N) is 1. The molecule has 1 heterocycles. The minimum atomic E-state index is 0.175. The molecule has 1 aromatic rings. The van der Waals surface area contributed by atoms with Gasteiger partial charge in [-0.2, -0.15) is 0 Å². The van der Waals surface area contributed by atoms with Crippen molar-refractivity contribution in [1.82, 2.24) is 0 Å². The van der Waals surface area contributed by atoms with Crippen molar-refractivity contribution in [3.05, 3.63) is 23.8 Å². The normalized spacial score (nSPS) is 15.7. The molecule has 0 saturated heterocycles. The van der Waals surface area contributed by atoms with Gasteiger partial charge in [0.2, 0.25) is 5.91 Å². The lowest BCUT2D eigenvalue weighted by Gasteiger charge is -2.27. The van der Waals surface area contributed by atoms with E-state index in [2.05, 4.69) is 36.9 Å². The van der Waals surface area contributed by atoms with E-state index >= 15 is 0 Å². The highest BCUT2D eigenvalue weighted by Crippen LogP contribution is 2.38. The summed E-state index contributed by atoms with van der Waals surface area (Å²) in [6.45, 7) is 6.45. The minimum absolute atomic E-state index is 0.175. The summed E-state index contributed by atoms with van der Waals surface area (Å²) in [4.78, 5) is 16.2. The Morgan fingerprint density at radius 2 is 2.11 bits per heavy atom. The van der Waals surface area contributed by atoms with Crippen molar-refractivity contribution in [2.45, 2.75) is 26.2 Å². The van der Waals surface area contributed by atoms with Gasteiger partial charge in [-0.25, -0.2) is 0 Å². The van der Waals surface area contributed by atoms with Crippen LogP contribution in [0.4, 0.5) is 11.4 Å². The third-order valence-electron chi connectivity index (χ3n) is 3.71. The van der Waals surface area contributed by atoms with E-state index in [-0.39, 0.29) is 5.91 Å². The average molecular weight is 261 g/mol. The van der Waals surface area contributed by atoms with Crippen LogP contribution in [0.1, 0.15) is 31.7 Å². The number of anilines is 2. The van der Waals surface area contributed by atoms with E-state index < -0.39 is 0 Å². The molecule has 0 aliphatic carbocycles. The zero-order valence-corrected chi connectivity index (χ0v) is 12.0.